The molecule has 110 valence electrons. The molecule has 1 N–H and O–H groups in total. The molecule has 2 unspecified atom stereocenters. The highest BCUT2D eigenvalue weighted by atomic mass is 32.2. The third kappa shape index (κ3) is 5.30. The molecule has 1 heterocycles. The van der Waals surface area contributed by atoms with Gasteiger partial charge < -0.3 is 10.1 Å². The number of nitrogens with one attached hydrogen (secondary N) is 1. The zero-order valence-electron chi connectivity index (χ0n) is 12.0. The fraction of sp³-hybridized carbons (Fsp3) is 0.500. The van der Waals surface area contributed by atoms with E-state index in [1.54, 1.807) is 18.4 Å². The molecule has 20 heavy (non-hydrogen) atoms. The molecule has 0 saturated heterocycles. The number of dihydropyridines is 1. The van der Waals surface area contributed by atoms with Crippen LogP contribution in [0.25, 0.3) is 0 Å². The smallest absolute Gasteiger partial charge is 0.331 e. The van der Waals surface area contributed by atoms with Gasteiger partial charge in [-0.15, -0.1) is 11.8 Å². The first-order chi connectivity index (χ1) is 9.58. The summed E-state index contributed by atoms with van der Waals surface area (Å²) in [4.78, 5) is 26.6. The summed E-state index contributed by atoms with van der Waals surface area (Å²) >= 11 is 1.49. The molecule has 0 aromatic carbocycles. The van der Waals surface area contributed by atoms with Gasteiger partial charge in [0.2, 0.25) is 0 Å². The zero-order chi connectivity index (χ0) is 15.0. The molecule has 0 fully saturated rings. The van der Waals surface area contributed by atoms with Gasteiger partial charge in [-0.1, -0.05) is 6.08 Å². The van der Waals surface area contributed by atoms with Crippen molar-refractivity contribution in [3.63, 3.8) is 0 Å². The van der Waals surface area contributed by atoms with E-state index in [2.05, 4.69) is 10.3 Å². The lowest BCUT2D eigenvalue weighted by atomic mass is 10.0. The van der Waals surface area contributed by atoms with Crippen LogP contribution in [0.3, 0.4) is 0 Å². The van der Waals surface area contributed by atoms with Gasteiger partial charge in [0.05, 0.1) is 17.7 Å². The SMILES string of the molecule is CCOC(=O)/C=C/SC(NC)C1C=CC(C(C)=O)=NC1. The molecule has 0 radical (unpaired) electrons. The second-order valence-corrected chi connectivity index (χ2v) is 5.26. The average molecular weight is 296 g/mol. The van der Waals surface area contributed by atoms with Crippen molar-refractivity contribution in [1.82, 2.24) is 5.32 Å². The van der Waals surface area contributed by atoms with E-state index < -0.39 is 0 Å². The summed E-state index contributed by atoms with van der Waals surface area (Å²) in [5.74, 6) is -0.179. The normalized spacial score (nSPS) is 19.8. The van der Waals surface area contributed by atoms with Gasteiger partial charge in [0, 0.05) is 25.5 Å². The first-order valence-electron chi connectivity index (χ1n) is 6.48. The van der Waals surface area contributed by atoms with Crippen LogP contribution in [0.15, 0.2) is 28.6 Å². The van der Waals surface area contributed by atoms with Crippen molar-refractivity contribution in [3.05, 3.63) is 23.6 Å². The number of esters is 1. The number of Topliss-reactive ketones (excluding diaryl/α,β-unsaturated/α-hetero) is 1. The van der Waals surface area contributed by atoms with Gasteiger partial charge in [-0.05, 0) is 25.5 Å². The highest BCUT2D eigenvalue weighted by molar-refractivity contribution is 8.02. The minimum Gasteiger partial charge on any atom is -0.463 e. The van der Waals surface area contributed by atoms with Crippen LogP contribution in [-0.2, 0) is 14.3 Å². The predicted octanol–water partition coefficient (Wildman–Crippen LogP) is 1.56. The molecule has 6 heteroatoms. The zero-order valence-corrected chi connectivity index (χ0v) is 12.8. The third-order valence-corrected chi connectivity index (χ3v) is 3.90. The summed E-state index contributed by atoms with van der Waals surface area (Å²) in [5.41, 5.74) is 0.517. The molecule has 0 bridgehead atoms. The van der Waals surface area contributed by atoms with Gasteiger partial charge in [0.15, 0.2) is 5.78 Å². The molecular weight excluding hydrogens is 276 g/mol. The Morgan fingerprint density at radius 3 is 2.90 bits per heavy atom. The first kappa shape index (κ1) is 16.7. The molecular formula is C14H20N2O3S. The molecule has 1 aliphatic rings. The standard InChI is InChI=1S/C14H20N2O3S/c1-4-19-13(18)7-8-20-14(15-3)11-5-6-12(10(2)17)16-9-11/h5-8,11,14-15H,4,9H2,1-3H3/b8-7+. The van der Waals surface area contributed by atoms with Gasteiger partial charge in [-0.3, -0.25) is 9.79 Å². The number of ether oxygens (including phenoxy) is 1. The van der Waals surface area contributed by atoms with Gasteiger partial charge in [-0.25, -0.2) is 4.79 Å². The maximum absolute atomic E-state index is 11.2. The number of allylic oxidation sites excluding steroid dienone is 1. The third-order valence-electron chi connectivity index (χ3n) is 2.72. The van der Waals surface area contributed by atoms with Crippen LogP contribution >= 0.6 is 11.8 Å². The van der Waals surface area contributed by atoms with E-state index in [0.29, 0.717) is 18.9 Å². The first-order valence-corrected chi connectivity index (χ1v) is 7.42. The highest BCUT2D eigenvalue weighted by Crippen LogP contribution is 2.22. The van der Waals surface area contributed by atoms with Crippen molar-refractivity contribution in [2.24, 2.45) is 10.9 Å². The summed E-state index contributed by atoms with van der Waals surface area (Å²) < 4.78 is 4.81. The number of hydrogen-bond donors (Lipinski definition) is 1. The van der Waals surface area contributed by atoms with Gasteiger partial charge >= 0.3 is 5.97 Å². The van der Waals surface area contributed by atoms with Crippen LogP contribution in [0.1, 0.15) is 13.8 Å². The number of thioether (sulfide) groups is 1. The number of aliphatic imine (C=N–C) groups is 1. The van der Waals surface area contributed by atoms with Crippen LogP contribution in [0, 0.1) is 5.92 Å². The Labute approximate surface area is 123 Å². The molecule has 0 aromatic heterocycles. The molecule has 2 atom stereocenters. The summed E-state index contributed by atoms with van der Waals surface area (Å²) in [5, 5.41) is 4.99. The van der Waals surface area contributed by atoms with Crippen LogP contribution in [0.5, 0.6) is 0 Å². The van der Waals surface area contributed by atoms with E-state index in [1.807, 2.05) is 13.1 Å². The quantitative estimate of drug-likeness (QED) is 0.439. The van der Waals surface area contributed by atoms with Crippen molar-refractivity contribution in [2.75, 3.05) is 20.2 Å². The Kier molecular flexibility index (Phi) is 7.25. The van der Waals surface area contributed by atoms with Gasteiger partial charge in [0.1, 0.15) is 0 Å². The maximum atomic E-state index is 11.2. The topological polar surface area (TPSA) is 67.8 Å². The second kappa shape index (κ2) is 8.71. The molecule has 5 nitrogen and oxygen atoms in total. The lowest BCUT2D eigenvalue weighted by Crippen LogP contribution is -2.32. The Hall–Kier alpha value is -1.40. The fourth-order valence-electron chi connectivity index (χ4n) is 1.71. The van der Waals surface area contributed by atoms with E-state index in [9.17, 15) is 9.59 Å². The van der Waals surface area contributed by atoms with Crippen molar-refractivity contribution in [1.29, 1.82) is 0 Å². The number of hydrogen-bond acceptors (Lipinski definition) is 6. The van der Waals surface area contributed by atoms with Gasteiger partial charge in [0.25, 0.3) is 0 Å². The Morgan fingerprint density at radius 1 is 1.65 bits per heavy atom. The number of rotatable bonds is 7. The molecule has 0 amide bonds. The monoisotopic (exact) mass is 296 g/mol. The minimum atomic E-state index is -0.342. The summed E-state index contributed by atoms with van der Waals surface area (Å²) in [6.07, 6.45) is 5.15. The molecule has 0 saturated carbocycles. The van der Waals surface area contributed by atoms with Crippen LogP contribution < -0.4 is 5.32 Å². The minimum absolute atomic E-state index is 0.0180. The Bertz CT molecular complexity index is 444. The summed E-state index contributed by atoms with van der Waals surface area (Å²) in [7, 11) is 1.86. The number of nitrogens with zero attached hydrogens (tertiary/aromatic N) is 1. The fourth-order valence-corrected chi connectivity index (χ4v) is 2.58. The largest absolute Gasteiger partial charge is 0.463 e. The van der Waals surface area contributed by atoms with Crippen molar-refractivity contribution in [3.8, 4) is 0 Å². The summed E-state index contributed by atoms with van der Waals surface area (Å²) in [6, 6.07) is 0. The van der Waals surface area contributed by atoms with Crippen LogP contribution in [0.4, 0.5) is 0 Å². The molecule has 0 aromatic rings. The predicted molar refractivity (Wildman–Crippen MR) is 81.8 cm³/mol. The van der Waals surface area contributed by atoms with E-state index in [-0.39, 0.29) is 23.0 Å². The molecule has 0 aliphatic carbocycles. The van der Waals surface area contributed by atoms with Crippen molar-refractivity contribution < 1.29 is 14.3 Å². The molecule has 1 aliphatic heterocycles. The lowest BCUT2D eigenvalue weighted by molar-refractivity contribution is -0.137. The lowest BCUT2D eigenvalue weighted by Gasteiger charge is -2.23. The van der Waals surface area contributed by atoms with E-state index in [4.69, 9.17) is 4.74 Å². The molecule has 0 spiro atoms. The van der Waals surface area contributed by atoms with E-state index >= 15 is 0 Å². The summed E-state index contributed by atoms with van der Waals surface area (Å²) in [6.45, 7) is 4.22. The number of ketones is 1. The maximum Gasteiger partial charge on any atom is 0.331 e. The Morgan fingerprint density at radius 2 is 2.40 bits per heavy atom. The number of carbonyl (C=O) groups is 2. The van der Waals surface area contributed by atoms with Gasteiger partial charge in [-0.2, -0.15) is 0 Å². The Balaban J connectivity index is 2.51. The number of carbonyl (C=O) groups excluding carboxylic acids is 2. The highest BCUT2D eigenvalue weighted by Gasteiger charge is 2.20. The average Bonchev–Trinajstić information content (AvgIpc) is 2.44. The molecule has 1 rings (SSSR count). The second-order valence-electron chi connectivity index (χ2n) is 4.21. The van der Waals surface area contributed by atoms with Crippen molar-refractivity contribution in [2.45, 2.75) is 19.2 Å². The van der Waals surface area contributed by atoms with E-state index in [1.165, 1.54) is 24.8 Å². The van der Waals surface area contributed by atoms with Crippen molar-refractivity contribution >= 4 is 29.2 Å². The van der Waals surface area contributed by atoms with Crippen LogP contribution in [0.2, 0.25) is 0 Å². The van der Waals surface area contributed by atoms with E-state index in [0.717, 1.165) is 0 Å². The van der Waals surface area contributed by atoms with Crippen LogP contribution in [-0.4, -0.2) is 43.0 Å².